The van der Waals surface area contributed by atoms with E-state index in [9.17, 15) is 0 Å². The van der Waals surface area contributed by atoms with Crippen molar-refractivity contribution >= 4 is 27.3 Å². The number of hydrogen-bond donors (Lipinski definition) is 0. The van der Waals surface area contributed by atoms with Gasteiger partial charge in [-0.3, -0.25) is 0 Å². The van der Waals surface area contributed by atoms with Crippen molar-refractivity contribution in [3.05, 3.63) is 28.2 Å². The molecule has 1 aromatic heterocycles. The van der Waals surface area contributed by atoms with Crippen LogP contribution in [0.5, 0.6) is 16.7 Å². The zero-order chi connectivity index (χ0) is 10.7. The quantitative estimate of drug-likeness (QED) is 0.870. The lowest BCUT2D eigenvalue weighted by Gasteiger charge is -2.07. The molecule has 4 nitrogen and oxygen atoms in total. The van der Waals surface area contributed by atoms with Crippen LogP contribution in [0.2, 0.25) is 0 Å². The standard InChI is InChI=1S/C9H7BrN2O2S/c1-13-8-4-6(10)2-3-7(8)14-9-12-11-5-15-9/h2-5H,1H3. The molecule has 0 radical (unpaired) electrons. The molecule has 1 heterocycles. The number of benzene rings is 1. The molecule has 6 heteroatoms. The fourth-order valence-electron chi connectivity index (χ4n) is 1.03. The van der Waals surface area contributed by atoms with E-state index in [1.807, 2.05) is 18.2 Å². The number of hydrogen-bond acceptors (Lipinski definition) is 5. The first kappa shape index (κ1) is 10.4. The van der Waals surface area contributed by atoms with Crippen molar-refractivity contribution in [2.75, 3.05) is 7.11 Å². The molecular weight excluding hydrogens is 280 g/mol. The Bertz CT molecular complexity index is 447. The van der Waals surface area contributed by atoms with E-state index < -0.39 is 0 Å². The Morgan fingerprint density at radius 1 is 1.33 bits per heavy atom. The molecular formula is C9H7BrN2O2S. The van der Waals surface area contributed by atoms with Crippen molar-refractivity contribution < 1.29 is 9.47 Å². The fraction of sp³-hybridized carbons (Fsp3) is 0.111. The van der Waals surface area contributed by atoms with Gasteiger partial charge in [-0.05, 0) is 18.2 Å². The SMILES string of the molecule is COc1cc(Br)ccc1Oc1nncs1. The van der Waals surface area contributed by atoms with Crippen LogP contribution in [-0.2, 0) is 0 Å². The predicted octanol–water partition coefficient (Wildman–Crippen LogP) is 3.10. The number of aromatic nitrogens is 2. The minimum absolute atomic E-state index is 0.496. The van der Waals surface area contributed by atoms with Gasteiger partial charge < -0.3 is 9.47 Å². The average Bonchev–Trinajstić information content (AvgIpc) is 2.73. The summed E-state index contributed by atoms with van der Waals surface area (Å²) in [5.74, 6) is 1.28. The smallest absolute Gasteiger partial charge is 0.299 e. The highest BCUT2D eigenvalue weighted by molar-refractivity contribution is 9.10. The minimum atomic E-state index is 0.496. The molecule has 0 bridgehead atoms. The van der Waals surface area contributed by atoms with Crippen molar-refractivity contribution in [2.24, 2.45) is 0 Å². The van der Waals surface area contributed by atoms with E-state index in [4.69, 9.17) is 9.47 Å². The highest BCUT2D eigenvalue weighted by Gasteiger charge is 2.07. The molecule has 0 aliphatic heterocycles. The molecule has 0 spiro atoms. The van der Waals surface area contributed by atoms with Gasteiger partial charge in [0.15, 0.2) is 11.5 Å². The molecule has 2 rings (SSSR count). The van der Waals surface area contributed by atoms with Crippen LogP contribution in [0.3, 0.4) is 0 Å². The van der Waals surface area contributed by atoms with Gasteiger partial charge in [-0.15, -0.1) is 5.10 Å². The maximum Gasteiger partial charge on any atom is 0.299 e. The van der Waals surface area contributed by atoms with Crippen molar-refractivity contribution in [3.63, 3.8) is 0 Å². The molecule has 78 valence electrons. The molecule has 0 fully saturated rings. The number of methoxy groups -OCH3 is 1. The second-order valence-electron chi connectivity index (χ2n) is 2.60. The minimum Gasteiger partial charge on any atom is -0.493 e. The van der Waals surface area contributed by atoms with E-state index >= 15 is 0 Å². The highest BCUT2D eigenvalue weighted by Crippen LogP contribution is 2.33. The van der Waals surface area contributed by atoms with Gasteiger partial charge in [0.1, 0.15) is 5.51 Å². The van der Waals surface area contributed by atoms with Gasteiger partial charge >= 0.3 is 0 Å². The average molecular weight is 287 g/mol. The summed E-state index contributed by atoms with van der Waals surface area (Å²) in [7, 11) is 1.59. The van der Waals surface area contributed by atoms with Gasteiger partial charge in [-0.1, -0.05) is 32.4 Å². The van der Waals surface area contributed by atoms with E-state index in [0.717, 1.165) is 4.47 Å². The van der Waals surface area contributed by atoms with Crippen molar-refractivity contribution in [3.8, 4) is 16.7 Å². The van der Waals surface area contributed by atoms with Gasteiger partial charge in [-0.2, -0.15) is 0 Å². The number of ether oxygens (including phenoxy) is 2. The van der Waals surface area contributed by atoms with Crippen LogP contribution >= 0.6 is 27.3 Å². The molecule has 15 heavy (non-hydrogen) atoms. The lowest BCUT2D eigenvalue weighted by atomic mass is 10.3. The third-order valence-electron chi connectivity index (χ3n) is 1.66. The van der Waals surface area contributed by atoms with Gasteiger partial charge in [-0.25, -0.2) is 0 Å². The maximum absolute atomic E-state index is 5.49. The number of nitrogens with zero attached hydrogens (tertiary/aromatic N) is 2. The number of halogens is 1. The summed E-state index contributed by atoms with van der Waals surface area (Å²) in [6, 6.07) is 5.51. The van der Waals surface area contributed by atoms with Crippen LogP contribution in [-0.4, -0.2) is 17.3 Å². The summed E-state index contributed by atoms with van der Waals surface area (Å²) in [6.45, 7) is 0. The molecule has 0 aliphatic carbocycles. The molecule has 1 aromatic carbocycles. The third-order valence-corrected chi connectivity index (χ3v) is 2.72. The predicted molar refractivity (Wildman–Crippen MR) is 60.7 cm³/mol. The first-order chi connectivity index (χ1) is 7.29. The molecule has 0 amide bonds. The lowest BCUT2D eigenvalue weighted by molar-refractivity contribution is 0.377. The van der Waals surface area contributed by atoms with Crippen LogP contribution in [0.25, 0.3) is 0 Å². The van der Waals surface area contributed by atoms with Crippen LogP contribution in [0.1, 0.15) is 0 Å². The molecule has 0 saturated carbocycles. The first-order valence-electron chi connectivity index (χ1n) is 4.07. The van der Waals surface area contributed by atoms with Crippen molar-refractivity contribution in [1.82, 2.24) is 10.2 Å². The van der Waals surface area contributed by atoms with Crippen LogP contribution in [0.15, 0.2) is 28.2 Å². The van der Waals surface area contributed by atoms with E-state index in [-0.39, 0.29) is 0 Å². The lowest BCUT2D eigenvalue weighted by Crippen LogP contribution is -1.89. The topological polar surface area (TPSA) is 44.2 Å². The van der Waals surface area contributed by atoms with Crippen LogP contribution in [0, 0.1) is 0 Å². The molecule has 0 atom stereocenters. The van der Waals surface area contributed by atoms with E-state index in [0.29, 0.717) is 16.7 Å². The molecule has 0 unspecified atom stereocenters. The van der Waals surface area contributed by atoms with E-state index in [1.165, 1.54) is 11.3 Å². The zero-order valence-electron chi connectivity index (χ0n) is 7.81. The molecule has 2 aromatic rings. The monoisotopic (exact) mass is 286 g/mol. The van der Waals surface area contributed by atoms with Crippen molar-refractivity contribution in [2.45, 2.75) is 0 Å². The summed E-state index contributed by atoms with van der Waals surface area (Å²) in [5.41, 5.74) is 1.61. The summed E-state index contributed by atoms with van der Waals surface area (Å²) in [6.07, 6.45) is 0. The van der Waals surface area contributed by atoms with Crippen LogP contribution < -0.4 is 9.47 Å². The largest absolute Gasteiger partial charge is 0.493 e. The Balaban J connectivity index is 2.28. The van der Waals surface area contributed by atoms with Gasteiger partial charge in [0.25, 0.3) is 5.19 Å². The fourth-order valence-corrected chi connectivity index (χ4v) is 1.78. The summed E-state index contributed by atoms with van der Waals surface area (Å²) in [5, 5.41) is 7.97. The summed E-state index contributed by atoms with van der Waals surface area (Å²) >= 11 is 4.68. The molecule has 0 N–H and O–H groups in total. The Kier molecular flexibility index (Phi) is 3.17. The van der Waals surface area contributed by atoms with Gasteiger partial charge in [0.2, 0.25) is 0 Å². The van der Waals surface area contributed by atoms with Gasteiger partial charge in [0, 0.05) is 4.47 Å². The Hall–Kier alpha value is -1.14. The number of rotatable bonds is 3. The Morgan fingerprint density at radius 2 is 2.20 bits per heavy atom. The zero-order valence-corrected chi connectivity index (χ0v) is 10.2. The van der Waals surface area contributed by atoms with E-state index in [2.05, 4.69) is 26.1 Å². The second-order valence-corrected chi connectivity index (χ2v) is 4.31. The van der Waals surface area contributed by atoms with E-state index in [1.54, 1.807) is 12.6 Å². The third kappa shape index (κ3) is 2.45. The summed E-state index contributed by atoms with van der Waals surface area (Å²) in [4.78, 5) is 0. The second kappa shape index (κ2) is 4.59. The maximum atomic E-state index is 5.49. The Morgan fingerprint density at radius 3 is 2.87 bits per heavy atom. The highest BCUT2D eigenvalue weighted by atomic mass is 79.9. The first-order valence-corrected chi connectivity index (χ1v) is 5.74. The van der Waals surface area contributed by atoms with Crippen molar-refractivity contribution in [1.29, 1.82) is 0 Å². The van der Waals surface area contributed by atoms with Crippen LogP contribution in [0.4, 0.5) is 0 Å². The normalized spacial score (nSPS) is 10.0. The summed E-state index contributed by atoms with van der Waals surface area (Å²) < 4.78 is 11.6. The van der Waals surface area contributed by atoms with Gasteiger partial charge in [0.05, 0.1) is 7.11 Å². The molecule has 0 saturated heterocycles. The Labute approximate surface area is 99.0 Å². The molecule has 0 aliphatic rings.